The summed E-state index contributed by atoms with van der Waals surface area (Å²) in [5.74, 6) is -1.37. The van der Waals surface area contributed by atoms with E-state index in [2.05, 4.69) is 10.1 Å². The van der Waals surface area contributed by atoms with Gasteiger partial charge in [-0.25, -0.2) is 9.37 Å². The molecule has 164 valence electrons. The van der Waals surface area contributed by atoms with Crippen LogP contribution in [0.2, 0.25) is 0 Å². The molecule has 0 saturated heterocycles. The van der Waals surface area contributed by atoms with E-state index in [1.165, 1.54) is 24.4 Å². The van der Waals surface area contributed by atoms with Gasteiger partial charge in [0.1, 0.15) is 5.82 Å². The molecule has 4 aromatic rings. The fourth-order valence-corrected chi connectivity index (χ4v) is 3.83. The standard InChI is InChI=1S/C21H12FN5O5S/c22-15-6-7-18-19(10-15)33-21(24-18)25(23-12-13-4-2-1-3-5-13)20(28)14-8-16(26(29)30)11-17(9-14)27(31)32/h1-12H/b23-12+. The van der Waals surface area contributed by atoms with Gasteiger partial charge in [-0.2, -0.15) is 10.1 Å². The molecule has 33 heavy (non-hydrogen) atoms. The van der Waals surface area contributed by atoms with Crippen LogP contribution in [0.1, 0.15) is 15.9 Å². The average Bonchev–Trinajstić information content (AvgIpc) is 3.22. The number of hydrogen-bond acceptors (Lipinski definition) is 8. The molecule has 0 spiro atoms. The minimum Gasteiger partial charge on any atom is -0.267 e. The lowest BCUT2D eigenvalue weighted by Gasteiger charge is -2.13. The highest BCUT2D eigenvalue weighted by molar-refractivity contribution is 7.22. The van der Waals surface area contributed by atoms with Crippen LogP contribution in [0.4, 0.5) is 20.9 Å². The second-order valence-corrected chi connectivity index (χ2v) is 7.64. The second-order valence-electron chi connectivity index (χ2n) is 6.63. The number of hydrogen-bond donors (Lipinski definition) is 0. The predicted octanol–water partition coefficient (Wildman–Crippen LogP) is 4.93. The molecule has 1 aromatic heterocycles. The molecule has 1 amide bonds. The highest BCUT2D eigenvalue weighted by Crippen LogP contribution is 2.32. The van der Waals surface area contributed by atoms with Crippen LogP contribution in [0, 0.1) is 26.0 Å². The number of thiazole rings is 1. The molecule has 1 heterocycles. The van der Waals surface area contributed by atoms with Gasteiger partial charge in [-0.3, -0.25) is 25.0 Å². The number of nitro benzene ring substituents is 2. The minimum absolute atomic E-state index is 0.0574. The van der Waals surface area contributed by atoms with E-state index >= 15 is 0 Å². The highest BCUT2D eigenvalue weighted by Gasteiger charge is 2.26. The van der Waals surface area contributed by atoms with Crippen LogP contribution in [0.15, 0.2) is 71.8 Å². The number of nitrogens with zero attached hydrogens (tertiary/aromatic N) is 5. The maximum Gasteiger partial charge on any atom is 0.281 e. The molecule has 0 aliphatic rings. The molecular weight excluding hydrogens is 453 g/mol. The lowest BCUT2D eigenvalue weighted by atomic mass is 10.1. The van der Waals surface area contributed by atoms with Gasteiger partial charge in [0.2, 0.25) is 5.13 Å². The van der Waals surface area contributed by atoms with E-state index in [4.69, 9.17) is 0 Å². The summed E-state index contributed by atoms with van der Waals surface area (Å²) < 4.78 is 14.1. The fraction of sp³-hybridized carbons (Fsp3) is 0. The molecule has 0 radical (unpaired) electrons. The number of nitro groups is 2. The zero-order valence-electron chi connectivity index (χ0n) is 16.5. The van der Waals surface area contributed by atoms with Crippen molar-refractivity contribution >= 4 is 50.2 Å². The van der Waals surface area contributed by atoms with Gasteiger partial charge in [-0.15, -0.1) is 0 Å². The number of carbonyl (C=O) groups excluding carboxylic acids is 1. The van der Waals surface area contributed by atoms with Gasteiger partial charge in [0.05, 0.1) is 37.9 Å². The normalized spacial score (nSPS) is 11.1. The van der Waals surface area contributed by atoms with Crippen molar-refractivity contribution in [1.29, 1.82) is 0 Å². The van der Waals surface area contributed by atoms with E-state index < -0.39 is 32.9 Å². The van der Waals surface area contributed by atoms with Crippen LogP contribution >= 0.6 is 11.3 Å². The molecule has 0 atom stereocenters. The Bertz CT molecular complexity index is 1390. The topological polar surface area (TPSA) is 132 Å². The van der Waals surface area contributed by atoms with Gasteiger partial charge in [0.15, 0.2) is 0 Å². The molecule has 0 aliphatic heterocycles. The molecular formula is C21H12FN5O5S. The quantitative estimate of drug-likeness (QED) is 0.225. The molecule has 10 nitrogen and oxygen atoms in total. The number of aromatic nitrogens is 1. The van der Waals surface area contributed by atoms with Crippen LogP contribution in [-0.4, -0.2) is 27.0 Å². The Labute approximate surface area is 188 Å². The summed E-state index contributed by atoms with van der Waals surface area (Å²) in [6.07, 6.45) is 1.37. The molecule has 0 bridgehead atoms. The third-order valence-corrected chi connectivity index (χ3v) is 5.40. The van der Waals surface area contributed by atoms with Crippen molar-refractivity contribution in [2.75, 3.05) is 5.01 Å². The van der Waals surface area contributed by atoms with E-state index in [9.17, 15) is 29.4 Å². The van der Waals surface area contributed by atoms with E-state index in [0.29, 0.717) is 15.8 Å². The summed E-state index contributed by atoms with van der Waals surface area (Å²) in [6.45, 7) is 0. The second kappa shape index (κ2) is 8.88. The van der Waals surface area contributed by atoms with Crippen molar-refractivity contribution in [3.63, 3.8) is 0 Å². The number of halogens is 1. The summed E-state index contributed by atoms with van der Waals surface area (Å²) in [5, 5.41) is 27.6. The first-order chi connectivity index (χ1) is 15.8. The van der Waals surface area contributed by atoms with Crippen molar-refractivity contribution in [1.82, 2.24) is 4.98 Å². The van der Waals surface area contributed by atoms with Crippen molar-refractivity contribution in [3.8, 4) is 0 Å². The Morgan fingerprint density at radius 3 is 2.30 bits per heavy atom. The Hall–Kier alpha value is -4.58. The van der Waals surface area contributed by atoms with Crippen LogP contribution in [-0.2, 0) is 0 Å². The number of anilines is 1. The van der Waals surface area contributed by atoms with Crippen molar-refractivity contribution in [2.24, 2.45) is 5.10 Å². The number of amides is 1. The molecule has 12 heteroatoms. The van der Waals surface area contributed by atoms with Crippen LogP contribution < -0.4 is 5.01 Å². The summed E-state index contributed by atoms with van der Waals surface area (Å²) >= 11 is 0.971. The third-order valence-electron chi connectivity index (χ3n) is 4.41. The van der Waals surface area contributed by atoms with Crippen molar-refractivity contribution < 1.29 is 19.0 Å². The zero-order chi connectivity index (χ0) is 23.5. The number of hydrazone groups is 1. The maximum atomic E-state index is 13.6. The SMILES string of the molecule is O=C(c1cc([N+](=O)[O-])cc([N+](=O)[O-])c1)N(/N=C/c1ccccc1)c1nc2ccc(F)cc2s1. The highest BCUT2D eigenvalue weighted by atomic mass is 32.1. The van der Waals surface area contributed by atoms with Gasteiger partial charge in [-0.1, -0.05) is 41.7 Å². The first kappa shape index (κ1) is 21.6. The van der Waals surface area contributed by atoms with Gasteiger partial charge < -0.3 is 0 Å². The summed E-state index contributed by atoms with van der Waals surface area (Å²) in [6, 6.07) is 15.3. The minimum atomic E-state index is -0.881. The third kappa shape index (κ3) is 4.70. The average molecular weight is 465 g/mol. The lowest BCUT2D eigenvalue weighted by Crippen LogP contribution is -2.25. The van der Waals surface area contributed by atoms with E-state index in [0.717, 1.165) is 34.5 Å². The zero-order valence-corrected chi connectivity index (χ0v) is 17.3. The van der Waals surface area contributed by atoms with Crippen molar-refractivity contribution in [2.45, 2.75) is 0 Å². The predicted molar refractivity (Wildman–Crippen MR) is 120 cm³/mol. The number of carbonyl (C=O) groups is 1. The van der Waals surface area contributed by atoms with Crippen LogP contribution in [0.3, 0.4) is 0 Å². The number of non-ortho nitro benzene ring substituents is 2. The first-order valence-electron chi connectivity index (χ1n) is 9.25. The van der Waals surface area contributed by atoms with E-state index in [1.807, 2.05) is 0 Å². The lowest BCUT2D eigenvalue weighted by molar-refractivity contribution is -0.394. The van der Waals surface area contributed by atoms with Gasteiger partial charge in [0.25, 0.3) is 17.3 Å². The number of rotatable bonds is 6. The largest absolute Gasteiger partial charge is 0.281 e. The first-order valence-corrected chi connectivity index (χ1v) is 10.1. The Morgan fingerprint density at radius 1 is 1.00 bits per heavy atom. The molecule has 0 unspecified atom stereocenters. The van der Waals surface area contributed by atoms with E-state index in [-0.39, 0.29) is 10.7 Å². The maximum absolute atomic E-state index is 13.6. The monoisotopic (exact) mass is 465 g/mol. The van der Waals surface area contributed by atoms with Crippen LogP contribution in [0.5, 0.6) is 0 Å². The summed E-state index contributed by atoms with van der Waals surface area (Å²) in [4.78, 5) is 38.4. The summed E-state index contributed by atoms with van der Waals surface area (Å²) in [7, 11) is 0. The number of benzene rings is 3. The van der Waals surface area contributed by atoms with Gasteiger partial charge in [-0.05, 0) is 23.8 Å². The molecule has 0 aliphatic carbocycles. The molecule has 3 aromatic carbocycles. The molecule has 0 saturated carbocycles. The smallest absolute Gasteiger partial charge is 0.267 e. The van der Waals surface area contributed by atoms with Crippen LogP contribution in [0.25, 0.3) is 10.2 Å². The Morgan fingerprint density at radius 2 is 1.67 bits per heavy atom. The Kier molecular flexibility index (Phi) is 5.83. The molecule has 0 fully saturated rings. The molecule has 4 rings (SSSR count). The fourth-order valence-electron chi connectivity index (χ4n) is 2.88. The van der Waals surface area contributed by atoms with E-state index in [1.54, 1.807) is 30.3 Å². The van der Waals surface area contributed by atoms with Gasteiger partial charge in [0, 0.05) is 12.1 Å². The number of fused-ring (bicyclic) bond motifs is 1. The Balaban J connectivity index is 1.83. The molecule has 0 N–H and O–H groups in total. The van der Waals surface area contributed by atoms with Crippen molar-refractivity contribution in [3.05, 3.63) is 104 Å². The van der Waals surface area contributed by atoms with Gasteiger partial charge >= 0.3 is 0 Å². The summed E-state index contributed by atoms with van der Waals surface area (Å²) in [5.41, 5.74) is -0.509.